The minimum atomic E-state index is -1.19. The zero-order valence-electron chi connectivity index (χ0n) is 10.5. The van der Waals surface area contributed by atoms with E-state index in [1.54, 1.807) is 18.2 Å². The predicted molar refractivity (Wildman–Crippen MR) is 69.4 cm³/mol. The Labute approximate surface area is 114 Å². The molecule has 0 spiro atoms. The largest absolute Gasteiger partial charge is 0.478 e. The molecule has 1 aliphatic rings. The van der Waals surface area contributed by atoms with Gasteiger partial charge in [0.05, 0.1) is 0 Å². The van der Waals surface area contributed by atoms with Crippen LogP contribution in [-0.4, -0.2) is 22.0 Å². The van der Waals surface area contributed by atoms with E-state index in [2.05, 4.69) is 0 Å². The molecule has 1 N–H and O–H groups in total. The lowest BCUT2D eigenvalue weighted by molar-refractivity contribution is -0.483. The van der Waals surface area contributed by atoms with E-state index in [1.807, 2.05) is 0 Å². The van der Waals surface area contributed by atoms with E-state index in [9.17, 15) is 19.7 Å². The molecular weight excluding hydrogens is 264 g/mol. The Hall–Kier alpha value is -2.70. The molecule has 1 aromatic carbocycles. The third kappa shape index (κ3) is 2.51. The first-order chi connectivity index (χ1) is 9.52. The highest BCUT2D eigenvalue weighted by Crippen LogP contribution is 2.29. The maximum absolute atomic E-state index is 12.3. The monoisotopic (exact) mass is 276 g/mol. The fraction of sp³-hybridized carbons (Fsp3) is 0.231. The van der Waals surface area contributed by atoms with Gasteiger partial charge in [-0.2, -0.15) is 0 Å². The average Bonchev–Trinajstić information content (AvgIpc) is 2.89. The van der Waals surface area contributed by atoms with Gasteiger partial charge in [0, 0.05) is 11.1 Å². The van der Waals surface area contributed by atoms with Crippen molar-refractivity contribution in [1.29, 1.82) is 0 Å². The molecular formula is C13H12N2O5. The zero-order chi connectivity index (χ0) is 14.7. The molecule has 7 heteroatoms. The molecule has 2 rings (SSSR count). The lowest BCUT2D eigenvalue weighted by Crippen LogP contribution is -2.37. The van der Waals surface area contributed by atoms with Crippen LogP contribution >= 0.6 is 0 Å². The maximum atomic E-state index is 12.3. The maximum Gasteiger partial charge on any atom is 0.332 e. The van der Waals surface area contributed by atoms with E-state index in [0.29, 0.717) is 11.4 Å². The molecule has 104 valence electrons. The number of nitrogens with zero attached hydrogens (tertiary/aromatic N) is 2. The summed E-state index contributed by atoms with van der Waals surface area (Å²) in [5, 5.41) is 19.7. The van der Waals surface area contributed by atoms with Gasteiger partial charge >= 0.3 is 11.9 Å². The molecule has 0 aliphatic heterocycles. The Bertz CT molecular complexity index is 594. The van der Waals surface area contributed by atoms with Crippen LogP contribution in [0.3, 0.4) is 0 Å². The molecule has 0 atom stereocenters. The summed E-state index contributed by atoms with van der Waals surface area (Å²) >= 11 is 0. The highest BCUT2D eigenvalue weighted by atomic mass is 16.7. The number of anilines is 1. The van der Waals surface area contributed by atoms with Crippen LogP contribution in [0.5, 0.6) is 0 Å². The summed E-state index contributed by atoms with van der Waals surface area (Å²) in [5.41, 5.74) is 0.0856. The summed E-state index contributed by atoms with van der Waals surface area (Å²) < 4.78 is 0. The molecule has 0 saturated carbocycles. The highest BCUT2D eigenvalue weighted by molar-refractivity contribution is 6.09. The Balaban J connectivity index is 2.41. The molecule has 0 radical (unpaired) electrons. The zero-order valence-corrected chi connectivity index (χ0v) is 10.5. The van der Waals surface area contributed by atoms with Crippen molar-refractivity contribution in [2.24, 2.45) is 0 Å². The number of nitro groups is 1. The lowest BCUT2D eigenvalue weighted by atomic mass is 10.1. The van der Waals surface area contributed by atoms with E-state index >= 15 is 0 Å². The number of hydrazine groups is 1. The number of amides is 1. The normalized spacial score (nSPS) is 14.2. The van der Waals surface area contributed by atoms with Gasteiger partial charge in [0.2, 0.25) is 0 Å². The Kier molecular flexibility index (Phi) is 3.79. The van der Waals surface area contributed by atoms with Crippen molar-refractivity contribution in [1.82, 2.24) is 0 Å². The molecule has 0 bridgehead atoms. The predicted octanol–water partition coefficient (Wildman–Crippen LogP) is 1.78. The molecule has 20 heavy (non-hydrogen) atoms. The van der Waals surface area contributed by atoms with Crippen LogP contribution < -0.4 is 5.01 Å². The van der Waals surface area contributed by atoms with Crippen molar-refractivity contribution >= 4 is 17.6 Å². The highest BCUT2D eigenvalue weighted by Gasteiger charge is 2.34. The van der Waals surface area contributed by atoms with Crippen LogP contribution in [0.2, 0.25) is 0 Å². The Morgan fingerprint density at radius 1 is 1.15 bits per heavy atom. The van der Waals surface area contributed by atoms with Crippen molar-refractivity contribution in [3.8, 4) is 0 Å². The van der Waals surface area contributed by atoms with E-state index < -0.39 is 16.9 Å². The standard InChI is InChI=1S/C13H12N2O5/c16-12(10-7-4-8-11(10)13(17)18)14(15(19)20)9-5-2-1-3-6-9/h1-3,5-6H,4,7-8H2,(H,17,18). The van der Waals surface area contributed by atoms with E-state index in [0.717, 1.165) is 0 Å². The third-order valence-electron chi connectivity index (χ3n) is 3.09. The number of carboxylic acids is 1. The second-order valence-corrected chi connectivity index (χ2v) is 4.31. The van der Waals surface area contributed by atoms with Gasteiger partial charge in [0.15, 0.2) is 5.03 Å². The van der Waals surface area contributed by atoms with Gasteiger partial charge in [0.25, 0.3) is 0 Å². The van der Waals surface area contributed by atoms with E-state index in [-0.39, 0.29) is 29.7 Å². The first kappa shape index (κ1) is 13.7. The summed E-state index contributed by atoms with van der Waals surface area (Å²) in [6.07, 6.45) is 1.03. The van der Waals surface area contributed by atoms with Crippen LogP contribution in [0.25, 0.3) is 0 Å². The molecule has 0 heterocycles. The molecule has 1 amide bonds. The molecule has 0 fully saturated rings. The van der Waals surface area contributed by atoms with Crippen LogP contribution in [0.15, 0.2) is 41.5 Å². The number of rotatable bonds is 4. The number of para-hydroxylation sites is 1. The minimum Gasteiger partial charge on any atom is -0.478 e. The molecule has 1 aromatic rings. The van der Waals surface area contributed by atoms with Crippen LogP contribution in [0, 0.1) is 10.1 Å². The van der Waals surface area contributed by atoms with Crippen LogP contribution in [0.4, 0.5) is 5.69 Å². The minimum absolute atomic E-state index is 0.0121. The van der Waals surface area contributed by atoms with Crippen LogP contribution in [0.1, 0.15) is 19.3 Å². The van der Waals surface area contributed by atoms with Crippen molar-refractivity contribution < 1.29 is 19.7 Å². The number of hydrogen-bond donors (Lipinski definition) is 1. The first-order valence-corrected chi connectivity index (χ1v) is 6.01. The van der Waals surface area contributed by atoms with E-state index in [1.165, 1.54) is 12.1 Å². The molecule has 0 unspecified atom stereocenters. The fourth-order valence-electron chi connectivity index (χ4n) is 2.20. The lowest BCUT2D eigenvalue weighted by Gasteiger charge is -2.13. The second-order valence-electron chi connectivity index (χ2n) is 4.31. The van der Waals surface area contributed by atoms with Gasteiger partial charge < -0.3 is 5.11 Å². The van der Waals surface area contributed by atoms with Crippen molar-refractivity contribution in [2.75, 3.05) is 5.01 Å². The van der Waals surface area contributed by atoms with Gasteiger partial charge in [0.1, 0.15) is 5.69 Å². The first-order valence-electron chi connectivity index (χ1n) is 6.01. The van der Waals surface area contributed by atoms with Crippen molar-refractivity contribution in [3.63, 3.8) is 0 Å². The second kappa shape index (κ2) is 5.52. The number of carboxylic acid groups (broad SMARTS) is 1. The fourth-order valence-corrected chi connectivity index (χ4v) is 2.20. The van der Waals surface area contributed by atoms with Gasteiger partial charge in [-0.15, -0.1) is 0 Å². The van der Waals surface area contributed by atoms with Crippen molar-refractivity contribution in [2.45, 2.75) is 19.3 Å². The quantitative estimate of drug-likeness (QED) is 0.667. The van der Waals surface area contributed by atoms with E-state index in [4.69, 9.17) is 5.11 Å². The van der Waals surface area contributed by atoms with Crippen LogP contribution in [-0.2, 0) is 9.59 Å². The number of aliphatic carboxylic acids is 1. The topological polar surface area (TPSA) is 101 Å². The SMILES string of the molecule is O=C(O)C1=C(C(=O)N(c2ccccc2)[N+](=O)[O-])CCC1. The van der Waals surface area contributed by atoms with Gasteiger partial charge in [-0.25, -0.2) is 14.9 Å². The summed E-state index contributed by atoms with van der Waals surface area (Å²) in [6, 6.07) is 7.66. The molecule has 7 nitrogen and oxygen atoms in total. The number of hydrogen-bond acceptors (Lipinski definition) is 4. The summed E-state index contributed by atoms with van der Waals surface area (Å²) in [5.74, 6) is -2.07. The smallest absolute Gasteiger partial charge is 0.332 e. The number of carbonyl (C=O) groups is 2. The Morgan fingerprint density at radius 3 is 2.30 bits per heavy atom. The molecule has 0 aromatic heterocycles. The van der Waals surface area contributed by atoms with Gasteiger partial charge in [-0.1, -0.05) is 18.2 Å². The number of benzene rings is 1. The molecule has 1 aliphatic carbocycles. The summed E-state index contributed by atoms with van der Waals surface area (Å²) in [4.78, 5) is 34.4. The van der Waals surface area contributed by atoms with Gasteiger partial charge in [-0.3, -0.25) is 4.79 Å². The number of carbonyl (C=O) groups excluding carboxylic acids is 1. The molecule has 0 saturated heterocycles. The van der Waals surface area contributed by atoms with Gasteiger partial charge in [-0.05, 0) is 36.4 Å². The van der Waals surface area contributed by atoms with Crippen molar-refractivity contribution in [3.05, 3.63) is 51.6 Å². The average molecular weight is 276 g/mol. The Morgan fingerprint density at radius 2 is 1.75 bits per heavy atom. The third-order valence-corrected chi connectivity index (χ3v) is 3.09. The summed E-state index contributed by atoms with van der Waals surface area (Å²) in [6.45, 7) is 0. The summed E-state index contributed by atoms with van der Waals surface area (Å²) in [7, 11) is 0.